The minimum Gasteiger partial charge on any atom is -0.378 e. The monoisotopic (exact) mass is 465 g/mol. The third-order valence-corrected chi connectivity index (χ3v) is 6.31. The summed E-state index contributed by atoms with van der Waals surface area (Å²) in [5.74, 6) is -0.244. The number of carbonyl (C=O) groups excluding carboxylic acids is 2. The van der Waals surface area contributed by atoms with E-state index in [0.29, 0.717) is 43.1 Å². The van der Waals surface area contributed by atoms with Crippen molar-refractivity contribution in [3.8, 4) is 11.3 Å². The number of aromatic nitrogens is 1. The second kappa shape index (κ2) is 9.68. The number of anilines is 1. The summed E-state index contributed by atoms with van der Waals surface area (Å²) in [7, 11) is 0. The Kier molecular flexibility index (Phi) is 6.29. The number of fused-ring (bicyclic) bond motifs is 1. The summed E-state index contributed by atoms with van der Waals surface area (Å²) in [6.45, 7) is 6.42. The third-order valence-electron chi connectivity index (χ3n) is 6.31. The molecular formula is C29H27N3O3. The molecule has 1 aliphatic rings. The summed E-state index contributed by atoms with van der Waals surface area (Å²) in [6.07, 6.45) is 0. The Hall–Kier alpha value is -4.03. The third kappa shape index (κ3) is 4.79. The first-order valence-electron chi connectivity index (χ1n) is 11.8. The van der Waals surface area contributed by atoms with Crippen molar-refractivity contribution >= 4 is 28.4 Å². The molecule has 1 aliphatic heterocycles. The van der Waals surface area contributed by atoms with Gasteiger partial charge in [0.1, 0.15) is 0 Å². The molecule has 0 radical (unpaired) electrons. The predicted octanol–water partition coefficient (Wildman–Crippen LogP) is 5.24. The maximum Gasteiger partial charge on any atom is 0.256 e. The lowest BCUT2D eigenvalue weighted by Crippen LogP contribution is -2.40. The molecule has 0 aliphatic carbocycles. The van der Waals surface area contributed by atoms with E-state index >= 15 is 0 Å². The number of hydrogen-bond acceptors (Lipinski definition) is 4. The van der Waals surface area contributed by atoms with Crippen LogP contribution in [-0.2, 0) is 4.74 Å². The van der Waals surface area contributed by atoms with Gasteiger partial charge in [0.15, 0.2) is 0 Å². The highest BCUT2D eigenvalue weighted by molar-refractivity contribution is 6.13. The zero-order valence-corrected chi connectivity index (χ0v) is 19.9. The van der Waals surface area contributed by atoms with E-state index < -0.39 is 0 Å². The van der Waals surface area contributed by atoms with Crippen LogP contribution in [-0.4, -0.2) is 48.0 Å². The van der Waals surface area contributed by atoms with Crippen molar-refractivity contribution in [2.45, 2.75) is 13.8 Å². The van der Waals surface area contributed by atoms with Crippen molar-refractivity contribution in [2.24, 2.45) is 0 Å². The van der Waals surface area contributed by atoms with Crippen LogP contribution in [0.15, 0.2) is 72.8 Å². The molecule has 6 heteroatoms. The number of nitrogens with zero attached hydrogens (tertiary/aromatic N) is 2. The molecule has 1 fully saturated rings. The molecule has 0 atom stereocenters. The van der Waals surface area contributed by atoms with Crippen LogP contribution < -0.4 is 5.32 Å². The Balaban J connectivity index is 1.43. The average molecular weight is 466 g/mol. The van der Waals surface area contributed by atoms with Crippen molar-refractivity contribution in [3.05, 3.63) is 95.1 Å². The number of amides is 2. The Morgan fingerprint density at radius 3 is 2.40 bits per heavy atom. The van der Waals surface area contributed by atoms with Gasteiger partial charge in [-0.3, -0.25) is 9.59 Å². The fourth-order valence-electron chi connectivity index (χ4n) is 4.45. The first-order chi connectivity index (χ1) is 17.0. The lowest BCUT2D eigenvalue weighted by molar-refractivity contribution is 0.0303. The van der Waals surface area contributed by atoms with Gasteiger partial charge in [0, 0.05) is 35.3 Å². The van der Waals surface area contributed by atoms with Crippen LogP contribution in [0.2, 0.25) is 0 Å². The number of carbonyl (C=O) groups is 2. The number of para-hydroxylation sites is 1. The Morgan fingerprint density at radius 2 is 1.66 bits per heavy atom. The molecule has 2 heterocycles. The number of benzene rings is 3. The van der Waals surface area contributed by atoms with Crippen molar-refractivity contribution < 1.29 is 14.3 Å². The van der Waals surface area contributed by atoms with E-state index in [9.17, 15) is 9.59 Å². The van der Waals surface area contributed by atoms with E-state index in [1.54, 1.807) is 29.2 Å². The van der Waals surface area contributed by atoms with E-state index in [2.05, 4.69) is 31.3 Å². The highest BCUT2D eigenvalue weighted by Crippen LogP contribution is 2.28. The average Bonchev–Trinajstić information content (AvgIpc) is 2.88. The van der Waals surface area contributed by atoms with E-state index in [0.717, 1.165) is 27.7 Å². The Morgan fingerprint density at radius 1 is 0.914 bits per heavy atom. The number of ether oxygens (including phenoxy) is 1. The molecule has 5 rings (SSSR count). The molecule has 6 nitrogen and oxygen atoms in total. The number of aryl methyl sites for hydroxylation is 2. The summed E-state index contributed by atoms with van der Waals surface area (Å²) in [6, 6.07) is 22.8. The van der Waals surface area contributed by atoms with Crippen LogP contribution >= 0.6 is 0 Å². The molecule has 2 amide bonds. The van der Waals surface area contributed by atoms with E-state index in [4.69, 9.17) is 9.72 Å². The Labute approximate surface area is 204 Å². The van der Waals surface area contributed by atoms with Gasteiger partial charge in [-0.05, 0) is 55.8 Å². The Bertz CT molecular complexity index is 1410. The van der Waals surface area contributed by atoms with Gasteiger partial charge in [0.05, 0.1) is 30.0 Å². The fourth-order valence-corrected chi connectivity index (χ4v) is 4.45. The number of hydrogen-bond donors (Lipinski definition) is 1. The smallest absolute Gasteiger partial charge is 0.256 e. The minimum absolute atomic E-state index is 0.0237. The topological polar surface area (TPSA) is 71.5 Å². The maximum absolute atomic E-state index is 13.4. The van der Waals surface area contributed by atoms with Crippen LogP contribution in [0.1, 0.15) is 31.8 Å². The minimum atomic E-state index is -0.220. The number of rotatable bonds is 4. The number of morpholine rings is 1. The summed E-state index contributed by atoms with van der Waals surface area (Å²) < 4.78 is 5.32. The SMILES string of the molecule is Cc1ccc(-c2cc(C(=O)Nc3ccc(C(=O)N4CCOCC4)cc3)c3ccccc3n2)c(C)c1. The molecule has 4 aromatic rings. The maximum atomic E-state index is 13.4. The van der Waals surface area contributed by atoms with E-state index in [1.165, 1.54) is 5.56 Å². The number of pyridine rings is 1. The van der Waals surface area contributed by atoms with Gasteiger partial charge in [-0.1, -0.05) is 42.0 Å². The molecule has 0 unspecified atom stereocenters. The van der Waals surface area contributed by atoms with Gasteiger partial charge < -0.3 is 15.0 Å². The fraction of sp³-hybridized carbons (Fsp3) is 0.207. The summed E-state index contributed by atoms with van der Waals surface area (Å²) in [4.78, 5) is 32.7. The van der Waals surface area contributed by atoms with Crippen LogP contribution in [0.3, 0.4) is 0 Å². The van der Waals surface area contributed by atoms with Crippen LogP contribution in [0.25, 0.3) is 22.2 Å². The van der Waals surface area contributed by atoms with Gasteiger partial charge in [0.25, 0.3) is 11.8 Å². The zero-order chi connectivity index (χ0) is 24.4. The normalized spacial score (nSPS) is 13.6. The summed E-state index contributed by atoms with van der Waals surface area (Å²) in [5, 5.41) is 3.78. The summed E-state index contributed by atoms with van der Waals surface area (Å²) in [5.41, 5.74) is 6.60. The van der Waals surface area contributed by atoms with Gasteiger partial charge in [-0.25, -0.2) is 4.98 Å². The molecule has 1 N–H and O–H groups in total. The van der Waals surface area contributed by atoms with Crippen LogP contribution in [0.4, 0.5) is 5.69 Å². The second-order valence-corrected chi connectivity index (χ2v) is 8.83. The lowest BCUT2D eigenvalue weighted by atomic mass is 9.99. The molecular weight excluding hydrogens is 438 g/mol. The van der Waals surface area contributed by atoms with E-state index in [-0.39, 0.29) is 11.8 Å². The molecule has 1 aromatic heterocycles. The van der Waals surface area contributed by atoms with Gasteiger partial charge in [-0.2, -0.15) is 0 Å². The van der Waals surface area contributed by atoms with Crippen molar-refractivity contribution in [1.82, 2.24) is 9.88 Å². The molecule has 3 aromatic carbocycles. The lowest BCUT2D eigenvalue weighted by Gasteiger charge is -2.26. The highest BCUT2D eigenvalue weighted by atomic mass is 16.5. The van der Waals surface area contributed by atoms with Gasteiger partial charge in [0.2, 0.25) is 0 Å². The van der Waals surface area contributed by atoms with Gasteiger partial charge in [-0.15, -0.1) is 0 Å². The quantitative estimate of drug-likeness (QED) is 0.447. The molecule has 1 saturated heterocycles. The standard InChI is InChI=1S/C29H27N3O3/c1-19-7-12-23(20(2)17-19)27-18-25(24-5-3-4-6-26(24)31-27)28(33)30-22-10-8-21(9-11-22)29(34)32-13-15-35-16-14-32/h3-12,17-18H,13-16H2,1-2H3,(H,30,33). The predicted molar refractivity (Wildman–Crippen MR) is 138 cm³/mol. The van der Waals surface area contributed by atoms with Crippen molar-refractivity contribution in [2.75, 3.05) is 31.6 Å². The van der Waals surface area contributed by atoms with E-state index in [1.807, 2.05) is 36.4 Å². The molecule has 0 spiro atoms. The van der Waals surface area contributed by atoms with Gasteiger partial charge >= 0.3 is 0 Å². The number of nitrogens with one attached hydrogen (secondary N) is 1. The molecule has 35 heavy (non-hydrogen) atoms. The molecule has 0 saturated carbocycles. The zero-order valence-electron chi connectivity index (χ0n) is 19.9. The first kappa shape index (κ1) is 22.7. The van der Waals surface area contributed by atoms with Crippen LogP contribution in [0, 0.1) is 13.8 Å². The van der Waals surface area contributed by atoms with Crippen LogP contribution in [0.5, 0.6) is 0 Å². The highest BCUT2D eigenvalue weighted by Gasteiger charge is 2.19. The van der Waals surface area contributed by atoms with Crippen molar-refractivity contribution in [3.63, 3.8) is 0 Å². The first-order valence-corrected chi connectivity index (χ1v) is 11.8. The molecule has 0 bridgehead atoms. The largest absolute Gasteiger partial charge is 0.378 e. The van der Waals surface area contributed by atoms with Crippen molar-refractivity contribution in [1.29, 1.82) is 0 Å². The second-order valence-electron chi connectivity index (χ2n) is 8.83. The molecule has 176 valence electrons. The summed E-state index contributed by atoms with van der Waals surface area (Å²) >= 11 is 0.